The van der Waals surface area contributed by atoms with Gasteiger partial charge < -0.3 is 15.4 Å². The summed E-state index contributed by atoms with van der Waals surface area (Å²) in [6.45, 7) is 1.83. The van der Waals surface area contributed by atoms with Crippen LogP contribution in [0.2, 0.25) is 0 Å². The second kappa shape index (κ2) is 9.77. The SMILES string of the molecule is N[C@H]1CN(c2cc(-c3cccc(S(=O)(=O)N4CCOCC4)c3)ncn2)C[C@@H]1c1cc(F)c(F)cc1F. The summed E-state index contributed by atoms with van der Waals surface area (Å²) in [6.07, 6.45) is 1.35. The normalized spacial score (nSPS) is 21.2. The van der Waals surface area contributed by atoms with Crippen LogP contribution < -0.4 is 10.6 Å². The predicted octanol–water partition coefficient (Wildman–Crippen LogP) is 2.51. The Bertz CT molecular complexity index is 1390. The van der Waals surface area contributed by atoms with Crippen LogP contribution in [-0.2, 0) is 14.8 Å². The lowest BCUT2D eigenvalue weighted by Gasteiger charge is -2.26. The zero-order chi connectivity index (χ0) is 25.4. The molecule has 2 aromatic carbocycles. The number of hydrogen-bond acceptors (Lipinski definition) is 7. The maximum atomic E-state index is 14.4. The van der Waals surface area contributed by atoms with Gasteiger partial charge >= 0.3 is 0 Å². The monoisotopic (exact) mass is 519 g/mol. The predicted molar refractivity (Wildman–Crippen MR) is 126 cm³/mol. The van der Waals surface area contributed by atoms with Crippen LogP contribution in [-0.4, -0.2) is 68.1 Å². The van der Waals surface area contributed by atoms with Gasteiger partial charge in [0.25, 0.3) is 0 Å². The van der Waals surface area contributed by atoms with Crippen molar-refractivity contribution in [3.05, 3.63) is 71.8 Å². The minimum absolute atomic E-state index is 0.0131. The minimum atomic E-state index is -3.68. The fourth-order valence-electron chi connectivity index (χ4n) is 4.60. The highest BCUT2D eigenvalue weighted by atomic mass is 32.2. The maximum absolute atomic E-state index is 14.4. The molecule has 2 aliphatic rings. The molecule has 0 aliphatic carbocycles. The number of hydrogen-bond donors (Lipinski definition) is 1. The fraction of sp³-hybridized carbons (Fsp3) is 0.333. The van der Waals surface area contributed by atoms with E-state index >= 15 is 0 Å². The summed E-state index contributed by atoms with van der Waals surface area (Å²) in [5.41, 5.74) is 7.33. The molecule has 0 saturated carbocycles. The Morgan fingerprint density at radius 2 is 1.69 bits per heavy atom. The fourth-order valence-corrected chi connectivity index (χ4v) is 6.05. The highest BCUT2D eigenvalue weighted by molar-refractivity contribution is 7.89. The number of benzene rings is 2. The third-order valence-electron chi connectivity index (χ3n) is 6.52. The number of aromatic nitrogens is 2. The van der Waals surface area contributed by atoms with E-state index in [0.717, 1.165) is 6.07 Å². The van der Waals surface area contributed by atoms with Gasteiger partial charge in [0, 0.05) is 55.8 Å². The minimum Gasteiger partial charge on any atom is -0.379 e. The van der Waals surface area contributed by atoms with Crippen LogP contribution in [0.15, 0.2) is 53.7 Å². The van der Waals surface area contributed by atoms with Gasteiger partial charge in [-0.1, -0.05) is 12.1 Å². The number of nitrogens with zero attached hydrogens (tertiary/aromatic N) is 4. The van der Waals surface area contributed by atoms with E-state index in [9.17, 15) is 21.6 Å². The average molecular weight is 520 g/mol. The lowest BCUT2D eigenvalue weighted by molar-refractivity contribution is 0.0730. The molecule has 2 saturated heterocycles. The number of halogens is 3. The highest BCUT2D eigenvalue weighted by Crippen LogP contribution is 2.33. The van der Waals surface area contributed by atoms with Crippen molar-refractivity contribution in [1.82, 2.24) is 14.3 Å². The van der Waals surface area contributed by atoms with Gasteiger partial charge in [0.05, 0.1) is 23.8 Å². The summed E-state index contributed by atoms with van der Waals surface area (Å²) in [6, 6.07) is 9.04. The van der Waals surface area contributed by atoms with E-state index in [1.54, 1.807) is 24.3 Å². The van der Waals surface area contributed by atoms with Crippen LogP contribution in [0.25, 0.3) is 11.3 Å². The first-order valence-corrected chi connectivity index (χ1v) is 12.8. The first-order chi connectivity index (χ1) is 17.2. The van der Waals surface area contributed by atoms with Crippen molar-refractivity contribution in [2.24, 2.45) is 5.73 Å². The zero-order valence-electron chi connectivity index (χ0n) is 19.1. The Balaban J connectivity index is 1.40. The van der Waals surface area contributed by atoms with Gasteiger partial charge in [0.2, 0.25) is 10.0 Å². The van der Waals surface area contributed by atoms with E-state index in [2.05, 4.69) is 9.97 Å². The summed E-state index contributed by atoms with van der Waals surface area (Å²) >= 11 is 0. The number of nitrogens with two attached hydrogens (primary N) is 1. The first-order valence-electron chi connectivity index (χ1n) is 11.4. The van der Waals surface area contributed by atoms with E-state index in [4.69, 9.17) is 10.5 Å². The van der Waals surface area contributed by atoms with Gasteiger partial charge in [-0.3, -0.25) is 0 Å². The van der Waals surface area contributed by atoms with Crippen molar-refractivity contribution >= 4 is 15.8 Å². The highest BCUT2D eigenvalue weighted by Gasteiger charge is 2.34. The number of rotatable bonds is 5. The van der Waals surface area contributed by atoms with Crippen LogP contribution in [0.4, 0.5) is 19.0 Å². The number of ether oxygens (including phenoxy) is 1. The summed E-state index contributed by atoms with van der Waals surface area (Å²) < 4.78 is 74.3. The van der Waals surface area contributed by atoms with Crippen molar-refractivity contribution in [3.63, 3.8) is 0 Å². The molecule has 36 heavy (non-hydrogen) atoms. The lowest BCUT2D eigenvalue weighted by Crippen LogP contribution is -2.40. The molecule has 2 aliphatic heterocycles. The molecule has 12 heteroatoms. The van der Waals surface area contributed by atoms with Gasteiger partial charge in [-0.25, -0.2) is 31.6 Å². The molecule has 3 aromatic rings. The summed E-state index contributed by atoms with van der Waals surface area (Å²) in [7, 11) is -3.68. The van der Waals surface area contributed by atoms with Crippen LogP contribution in [0.1, 0.15) is 11.5 Å². The number of anilines is 1. The molecule has 2 fully saturated rings. The molecule has 0 radical (unpaired) electrons. The Hall–Kier alpha value is -3.06. The second-order valence-corrected chi connectivity index (χ2v) is 10.7. The van der Waals surface area contributed by atoms with Crippen LogP contribution in [0.3, 0.4) is 0 Å². The van der Waals surface area contributed by atoms with Gasteiger partial charge in [-0.15, -0.1) is 0 Å². The standard InChI is InChI=1S/C24H24F3N5O3S/c25-19-10-21(27)20(26)9-17(19)18-12-31(13-22(18)28)24-11-23(29-14-30-24)15-2-1-3-16(8-15)36(33,34)32-4-6-35-7-5-32/h1-3,8-11,14,18,22H,4-7,12-13,28H2/t18-,22+/m1/s1. The summed E-state index contributed by atoms with van der Waals surface area (Å²) in [5.74, 6) is -3.30. The van der Waals surface area contributed by atoms with Crippen molar-refractivity contribution < 1.29 is 26.3 Å². The zero-order valence-corrected chi connectivity index (χ0v) is 20.0. The molecule has 3 heterocycles. The van der Waals surface area contributed by atoms with E-state index < -0.39 is 39.4 Å². The molecule has 0 spiro atoms. The molecular formula is C24H24F3N5O3S. The van der Waals surface area contributed by atoms with Gasteiger partial charge in [0.15, 0.2) is 11.6 Å². The Morgan fingerprint density at radius 1 is 0.944 bits per heavy atom. The van der Waals surface area contributed by atoms with Gasteiger partial charge in [0.1, 0.15) is 18.0 Å². The van der Waals surface area contributed by atoms with Crippen LogP contribution >= 0.6 is 0 Å². The smallest absolute Gasteiger partial charge is 0.243 e. The molecule has 2 atom stereocenters. The number of sulfonamides is 1. The van der Waals surface area contributed by atoms with E-state index in [-0.39, 0.29) is 17.0 Å². The molecule has 0 unspecified atom stereocenters. The van der Waals surface area contributed by atoms with Crippen molar-refractivity contribution in [1.29, 1.82) is 0 Å². The molecule has 2 N–H and O–H groups in total. The van der Waals surface area contributed by atoms with Crippen LogP contribution in [0, 0.1) is 17.5 Å². The second-order valence-electron chi connectivity index (χ2n) is 8.77. The Labute approximate surface area is 206 Å². The van der Waals surface area contributed by atoms with Gasteiger partial charge in [-0.2, -0.15) is 4.31 Å². The first kappa shape index (κ1) is 24.6. The summed E-state index contributed by atoms with van der Waals surface area (Å²) in [4.78, 5) is 10.6. The Kier molecular flexibility index (Phi) is 6.68. The largest absolute Gasteiger partial charge is 0.379 e. The topological polar surface area (TPSA) is 102 Å². The maximum Gasteiger partial charge on any atom is 0.243 e. The lowest BCUT2D eigenvalue weighted by atomic mass is 9.94. The molecule has 0 amide bonds. The van der Waals surface area contributed by atoms with Crippen molar-refractivity contribution in [3.8, 4) is 11.3 Å². The molecule has 8 nitrogen and oxygen atoms in total. The molecular weight excluding hydrogens is 495 g/mol. The Morgan fingerprint density at radius 3 is 2.47 bits per heavy atom. The van der Waals surface area contributed by atoms with E-state index in [0.29, 0.717) is 56.0 Å². The molecule has 0 bridgehead atoms. The number of morpholine rings is 1. The van der Waals surface area contributed by atoms with E-state index in [1.165, 1.54) is 16.7 Å². The molecule has 1 aromatic heterocycles. The molecule has 5 rings (SSSR count). The van der Waals surface area contributed by atoms with Gasteiger partial charge in [-0.05, 0) is 23.8 Å². The third-order valence-corrected chi connectivity index (χ3v) is 8.41. The summed E-state index contributed by atoms with van der Waals surface area (Å²) in [5, 5.41) is 0. The molecule has 190 valence electrons. The average Bonchev–Trinajstić information content (AvgIpc) is 3.28. The van der Waals surface area contributed by atoms with Crippen molar-refractivity contribution in [2.45, 2.75) is 16.9 Å². The van der Waals surface area contributed by atoms with E-state index in [1.807, 2.05) is 4.90 Å². The van der Waals surface area contributed by atoms with Crippen molar-refractivity contribution in [2.75, 3.05) is 44.3 Å². The quantitative estimate of drug-likeness (QED) is 0.517. The van der Waals surface area contributed by atoms with Crippen LogP contribution in [0.5, 0.6) is 0 Å². The third kappa shape index (κ3) is 4.69.